The largest absolute Gasteiger partial charge is 0.342 e. The molecule has 1 unspecified atom stereocenters. The van der Waals surface area contributed by atoms with E-state index < -0.39 is 0 Å². The molecule has 25 heavy (non-hydrogen) atoms. The molecule has 1 atom stereocenters. The van der Waals surface area contributed by atoms with E-state index >= 15 is 0 Å². The number of hydrogen-bond donors (Lipinski definition) is 1. The monoisotopic (exact) mass is 347 g/mol. The Kier molecular flexibility index (Phi) is 4.78. The minimum Gasteiger partial charge on any atom is -0.342 e. The van der Waals surface area contributed by atoms with Crippen molar-refractivity contribution in [2.24, 2.45) is 17.3 Å². The van der Waals surface area contributed by atoms with Gasteiger partial charge in [0.25, 0.3) is 0 Å². The van der Waals surface area contributed by atoms with Crippen molar-refractivity contribution < 1.29 is 9.59 Å². The van der Waals surface area contributed by atoms with Gasteiger partial charge in [0.1, 0.15) is 0 Å². The average Bonchev–Trinajstić information content (AvgIpc) is 3.23. The quantitative estimate of drug-likeness (QED) is 0.831. The molecule has 3 heterocycles. The fourth-order valence-corrected chi connectivity index (χ4v) is 5.49. The van der Waals surface area contributed by atoms with Crippen LogP contribution in [0.3, 0.4) is 0 Å². The second-order valence-electron chi connectivity index (χ2n) is 9.11. The zero-order valence-electron chi connectivity index (χ0n) is 15.6. The molecule has 4 aliphatic rings. The number of nitrogens with zero attached hydrogens (tertiary/aromatic N) is 2. The normalized spacial score (nSPS) is 35.6. The van der Waals surface area contributed by atoms with Crippen LogP contribution in [-0.2, 0) is 9.59 Å². The molecular formula is C20H33N3O2. The van der Waals surface area contributed by atoms with Gasteiger partial charge in [0.05, 0.1) is 5.92 Å². The van der Waals surface area contributed by atoms with Crippen LogP contribution >= 0.6 is 0 Å². The van der Waals surface area contributed by atoms with Crippen LogP contribution in [0.25, 0.3) is 0 Å². The molecule has 0 radical (unpaired) electrons. The lowest BCUT2D eigenvalue weighted by Gasteiger charge is -2.39. The third-order valence-corrected chi connectivity index (χ3v) is 7.40. The van der Waals surface area contributed by atoms with Crippen LogP contribution in [0.1, 0.15) is 58.3 Å². The summed E-state index contributed by atoms with van der Waals surface area (Å²) < 4.78 is 0. The lowest BCUT2D eigenvalue weighted by Crippen LogP contribution is -2.47. The van der Waals surface area contributed by atoms with E-state index in [1.165, 1.54) is 19.3 Å². The molecule has 0 aromatic heterocycles. The topological polar surface area (TPSA) is 52.7 Å². The van der Waals surface area contributed by atoms with Crippen molar-refractivity contribution in [2.45, 2.75) is 64.3 Å². The summed E-state index contributed by atoms with van der Waals surface area (Å²) in [4.78, 5) is 29.6. The van der Waals surface area contributed by atoms with Crippen molar-refractivity contribution in [3.63, 3.8) is 0 Å². The molecule has 4 fully saturated rings. The van der Waals surface area contributed by atoms with E-state index in [9.17, 15) is 9.59 Å². The number of piperidine rings is 1. The highest BCUT2D eigenvalue weighted by atomic mass is 16.2. The van der Waals surface area contributed by atoms with Crippen molar-refractivity contribution in [1.29, 1.82) is 0 Å². The second-order valence-corrected chi connectivity index (χ2v) is 9.11. The van der Waals surface area contributed by atoms with Gasteiger partial charge in [-0.3, -0.25) is 9.59 Å². The highest BCUT2D eigenvalue weighted by molar-refractivity contribution is 5.89. The number of rotatable bonds is 2. The van der Waals surface area contributed by atoms with Crippen molar-refractivity contribution >= 4 is 11.8 Å². The molecule has 1 aliphatic carbocycles. The molecule has 4 rings (SSSR count). The first-order chi connectivity index (χ1) is 12.1. The summed E-state index contributed by atoms with van der Waals surface area (Å²) in [5, 5.41) is 3.48. The van der Waals surface area contributed by atoms with Crippen LogP contribution in [0.5, 0.6) is 0 Å². The molecule has 0 aromatic rings. The van der Waals surface area contributed by atoms with Crippen molar-refractivity contribution in [1.82, 2.24) is 15.1 Å². The van der Waals surface area contributed by atoms with E-state index in [0.717, 1.165) is 57.8 Å². The number of carbonyl (C=O) groups is 2. The maximum atomic E-state index is 13.0. The molecule has 2 amide bonds. The van der Waals surface area contributed by atoms with Crippen LogP contribution < -0.4 is 5.32 Å². The van der Waals surface area contributed by atoms with E-state index in [-0.39, 0.29) is 17.7 Å². The molecule has 5 heteroatoms. The van der Waals surface area contributed by atoms with E-state index in [0.29, 0.717) is 24.4 Å². The van der Waals surface area contributed by atoms with Crippen LogP contribution in [0.4, 0.5) is 0 Å². The van der Waals surface area contributed by atoms with Gasteiger partial charge in [0, 0.05) is 38.6 Å². The second kappa shape index (κ2) is 6.90. The highest BCUT2D eigenvalue weighted by Crippen LogP contribution is 2.38. The molecule has 1 N–H and O–H groups in total. The van der Waals surface area contributed by atoms with Gasteiger partial charge in [0.2, 0.25) is 11.8 Å². The maximum Gasteiger partial charge on any atom is 0.227 e. The zero-order chi connectivity index (χ0) is 17.4. The number of amides is 2. The van der Waals surface area contributed by atoms with Crippen molar-refractivity contribution in [3.8, 4) is 0 Å². The van der Waals surface area contributed by atoms with E-state index in [4.69, 9.17) is 0 Å². The third kappa shape index (κ3) is 3.44. The SMILES string of the molecule is CC1CCC(N2CC(C(=O)N3CCC4(CCNC4)CC3)CC2=O)CC1. The first-order valence-electron chi connectivity index (χ1n) is 10.4. The minimum atomic E-state index is -0.0948. The number of nitrogens with one attached hydrogen (secondary N) is 1. The number of hydrogen-bond acceptors (Lipinski definition) is 3. The fourth-order valence-electron chi connectivity index (χ4n) is 5.49. The summed E-state index contributed by atoms with van der Waals surface area (Å²) in [5.41, 5.74) is 0.438. The Balaban J connectivity index is 1.32. The van der Waals surface area contributed by atoms with Gasteiger partial charge in [-0.25, -0.2) is 0 Å². The van der Waals surface area contributed by atoms with Gasteiger partial charge in [0.15, 0.2) is 0 Å². The predicted molar refractivity (Wildman–Crippen MR) is 97.0 cm³/mol. The number of likely N-dealkylation sites (tertiary alicyclic amines) is 2. The Morgan fingerprint density at radius 1 is 1.12 bits per heavy atom. The smallest absolute Gasteiger partial charge is 0.227 e. The van der Waals surface area contributed by atoms with Crippen LogP contribution in [-0.4, -0.2) is 60.4 Å². The molecule has 0 bridgehead atoms. The van der Waals surface area contributed by atoms with E-state index in [1.54, 1.807) is 0 Å². The van der Waals surface area contributed by atoms with E-state index in [1.807, 2.05) is 9.80 Å². The summed E-state index contributed by atoms with van der Waals surface area (Å²) in [6, 6.07) is 0.385. The molecule has 140 valence electrons. The summed E-state index contributed by atoms with van der Waals surface area (Å²) in [5.74, 6) is 1.15. The lowest BCUT2D eigenvalue weighted by atomic mass is 9.77. The molecular weight excluding hydrogens is 314 g/mol. The number of carbonyl (C=O) groups excluding carboxylic acids is 2. The maximum absolute atomic E-state index is 13.0. The minimum absolute atomic E-state index is 0.0948. The van der Waals surface area contributed by atoms with Crippen LogP contribution in [0, 0.1) is 17.3 Å². The molecule has 1 saturated carbocycles. The van der Waals surface area contributed by atoms with Gasteiger partial charge in [-0.1, -0.05) is 6.92 Å². The summed E-state index contributed by atoms with van der Waals surface area (Å²) in [6.07, 6.45) is 8.61. The van der Waals surface area contributed by atoms with Gasteiger partial charge in [-0.15, -0.1) is 0 Å². The van der Waals surface area contributed by atoms with Crippen LogP contribution in [0.15, 0.2) is 0 Å². The Morgan fingerprint density at radius 2 is 1.84 bits per heavy atom. The first-order valence-corrected chi connectivity index (χ1v) is 10.4. The standard InChI is InChI=1S/C20H33N3O2/c1-15-2-4-17(5-3-15)23-13-16(12-18(23)24)19(25)22-10-7-20(8-11-22)6-9-21-14-20/h15-17,21H,2-14H2,1H3. The molecule has 1 spiro atoms. The van der Waals surface area contributed by atoms with Gasteiger partial charge >= 0.3 is 0 Å². The van der Waals surface area contributed by atoms with Crippen LogP contribution in [0.2, 0.25) is 0 Å². The van der Waals surface area contributed by atoms with Gasteiger partial charge in [-0.05, 0) is 62.8 Å². The predicted octanol–water partition coefficient (Wildman–Crippen LogP) is 2.02. The molecule has 3 saturated heterocycles. The molecule has 0 aromatic carbocycles. The van der Waals surface area contributed by atoms with Crippen molar-refractivity contribution in [2.75, 3.05) is 32.7 Å². The summed E-state index contributed by atoms with van der Waals surface area (Å²) >= 11 is 0. The fraction of sp³-hybridized carbons (Fsp3) is 0.900. The molecule has 5 nitrogen and oxygen atoms in total. The Bertz CT molecular complexity index is 511. The van der Waals surface area contributed by atoms with Crippen molar-refractivity contribution in [3.05, 3.63) is 0 Å². The van der Waals surface area contributed by atoms with Gasteiger partial charge < -0.3 is 15.1 Å². The lowest BCUT2D eigenvalue weighted by molar-refractivity contribution is -0.138. The zero-order valence-corrected chi connectivity index (χ0v) is 15.6. The Hall–Kier alpha value is -1.10. The van der Waals surface area contributed by atoms with E-state index in [2.05, 4.69) is 12.2 Å². The Labute approximate surface area is 151 Å². The third-order valence-electron chi connectivity index (χ3n) is 7.40. The summed E-state index contributed by atoms with van der Waals surface area (Å²) in [6.45, 7) is 6.97. The first kappa shape index (κ1) is 17.3. The summed E-state index contributed by atoms with van der Waals surface area (Å²) in [7, 11) is 0. The molecule has 3 aliphatic heterocycles. The Morgan fingerprint density at radius 3 is 2.48 bits per heavy atom. The highest BCUT2D eigenvalue weighted by Gasteiger charge is 2.43. The van der Waals surface area contributed by atoms with Gasteiger partial charge in [-0.2, -0.15) is 0 Å². The average molecular weight is 348 g/mol.